The highest BCUT2D eigenvalue weighted by molar-refractivity contribution is 7.98. The summed E-state index contributed by atoms with van der Waals surface area (Å²) in [5, 5.41) is 4.00. The molecule has 0 fully saturated rings. The molecule has 29 heavy (non-hydrogen) atoms. The first-order chi connectivity index (χ1) is 13.9. The average molecular weight is 450 g/mol. The molecule has 3 rings (SSSR count). The maximum Gasteiger partial charge on any atom is 0.295 e. The summed E-state index contributed by atoms with van der Waals surface area (Å²) < 4.78 is 3.28. The summed E-state index contributed by atoms with van der Waals surface area (Å²) in [5.74, 6) is 1.11. The summed E-state index contributed by atoms with van der Waals surface area (Å²) in [7, 11) is 1.80. The van der Waals surface area contributed by atoms with E-state index in [1.807, 2.05) is 43.3 Å². The van der Waals surface area contributed by atoms with Crippen molar-refractivity contribution < 1.29 is 4.79 Å². The molecule has 0 unspecified atom stereocenters. The fourth-order valence-electron chi connectivity index (χ4n) is 2.90. The van der Waals surface area contributed by atoms with Gasteiger partial charge in [-0.1, -0.05) is 47.5 Å². The predicted molar refractivity (Wildman–Crippen MR) is 122 cm³/mol. The monoisotopic (exact) mass is 449 g/mol. The lowest BCUT2D eigenvalue weighted by Gasteiger charge is -2.07. The Morgan fingerprint density at radius 3 is 2.55 bits per heavy atom. The molecule has 3 aromatic rings. The Bertz CT molecular complexity index is 1080. The highest BCUT2D eigenvalue weighted by Gasteiger charge is 2.17. The van der Waals surface area contributed by atoms with E-state index in [1.165, 1.54) is 0 Å². The normalized spacial score (nSPS) is 10.9. The molecular weight excluding hydrogens is 429 g/mol. The molecule has 1 aromatic heterocycles. The van der Waals surface area contributed by atoms with Crippen molar-refractivity contribution in [2.24, 2.45) is 7.05 Å². The van der Waals surface area contributed by atoms with Crippen LogP contribution in [0.15, 0.2) is 53.3 Å². The van der Waals surface area contributed by atoms with Gasteiger partial charge in [0.15, 0.2) is 0 Å². The van der Waals surface area contributed by atoms with E-state index in [4.69, 9.17) is 23.2 Å². The van der Waals surface area contributed by atoms with Crippen molar-refractivity contribution in [3.05, 3.63) is 80.2 Å². The van der Waals surface area contributed by atoms with Crippen LogP contribution in [0.4, 0.5) is 5.69 Å². The molecule has 1 N–H and O–H groups in total. The zero-order valence-electron chi connectivity index (χ0n) is 16.1. The molecule has 1 amide bonds. The van der Waals surface area contributed by atoms with Crippen LogP contribution in [-0.2, 0) is 17.6 Å². The van der Waals surface area contributed by atoms with Gasteiger partial charge >= 0.3 is 0 Å². The molecule has 0 aliphatic rings. The Morgan fingerprint density at radius 1 is 1.14 bits per heavy atom. The number of carbonyl (C=O) groups excluding carboxylic acids is 1. The number of thioether (sulfide) groups is 1. The second-order valence-corrected chi connectivity index (χ2v) is 8.47. The van der Waals surface area contributed by atoms with Gasteiger partial charge in [-0.25, -0.2) is 4.68 Å². The van der Waals surface area contributed by atoms with Crippen molar-refractivity contribution >= 4 is 46.6 Å². The van der Waals surface area contributed by atoms with Gasteiger partial charge in [0.05, 0.1) is 11.4 Å². The maximum absolute atomic E-state index is 12.8. The number of amides is 1. The van der Waals surface area contributed by atoms with Crippen LogP contribution in [0, 0.1) is 6.92 Å². The number of nitrogens with one attached hydrogen (secondary N) is 1. The molecule has 1 heterocycles. The molecule has 0 spiro atoms. The maximum atomic E-state index is 12.8. The molecule has 0 saturated carbocycles. The number of rotatable bonds is 7. The van der Waals surface area contributed by atoms with E-state index in [-0.39, 0.29) is 11.5 Å². The third kappa shape index (κ3) is 5.07. The fraction of sp³-hybridized carbons (Fsp3) is 0.238. The molecule has 0 aliphatic heterocycles. The molecule has 152 valence electrons. The van der Waals surface area contributed by atoms with Gasteiger partial charge < -0.3 is 5.32 Å². The van der Waals surface area contributed by atoms with E-state index in [1.54, 1.807) is 40.3 Å². The first-order valence-corrected chi connectivity index (χ1v) is 10.9. The first-order valence-electron chi connectivity index (χ1n) is 9.04. The Hall–Kier alpha value is -2.15. The topological polar surface area (TPSA) is 56.0 Å². The van der Waals surface area contributed by atoms with E-state index in [2.05, 4.69) is 5.32 Å². The lowest BCUT2D eigenvalue weighted by Crippen LogP contribution is -2.23. The lowest BCUT2D eigenvalue weighted by atomic mass is 10.2. The quantitative estimate of drug-likeness (QED) is 0.513. The van der Waals surface area contributed by atoms with Gasteiger partial charge in [-0.15, -0.1) is 0 Å². The average Bonchev–Trinajstić information content (AvgIpc) is 2.90. The Kier molecular flexibility index (Phi) is 7.11. The molecule has 8 heteroatoms. The van der Waals surface area contributed by atoms with Crippen LogP contribution in [-0.4, -0.2) is 21.0 Å². The van der Waals surface area contributed by atoms with Crippen molar-refractivity contribution in [3.63, 3.8) is 0 Å². The van der Waals surface area contributed by atoms with Crippen LogP contribution in [0.1, 0.15) is 17.7 Å². The zero-order chi connectivity index (χ0) is 21.0. The third-order valence-corrected chi connectivity index (χ3v) is 6.16. The highest BCUT2D eigenvalue weighted by atomic mass is 35.5. The summed E-state index contributed by atoms with van der Waals surface area (Å²) in [6.45, 7) is 1.81. The van der Waals surface area contributed by atoms with E-state index in [0.29, 0.717) is 39.4 Å². The van der Waals surface area contributed by atoms with Crippen molar-refractivity contribution in [1.29, 1.82) is 0 Å². The number of para-hydroxylation sites is 1. The molecule has 5 nitrogen and oxygen atoms in total. The number of aromatic nitrogens is 2. The van der Waals surface area contributed by atoms with Crippen molar-refractivity contribution in [1.82, 2.24) is 9.36 Å². The van der Waals surface area contributed by atoms with Crippen LogP contribution in [0.5, 0.6) is 0 Å². The minimum atomic E-state index is -0.245. The Balaban J connectivity index is 1.60. The SMILES string of the molecule is Cc1c(NC(=O)CCSCc2ccc(Cl)cc2Cl)c(=O)n(-c2ccccc2)n1C. The van der Waals surface area contributed by atoms with Gasteiger partial charge in [0.1, 0.15) is 5.69 Å². The van der Waals surface area contributed by atoms with Gasteiger partial charge in [-0.2, -0.15) is 11.8 Å². The minimum Gasteiger partial charge on any atom is -0.320 e. The van der Waals surface area contributed by atoms with E-state index in [0.717, 1.165) is 11.3 Å². The van der Waals surface area contributed by atoms with Crippen LogP contribution < -0.4 is 10.9 Å². The number of hydrogen-bond acceptors (Lipinski definition) is 3. The minimum absolute atomic E-state index is 0.189. The smallest absolute Gasteiger partial charge is 0.295 e. The molecule has 0 saturated heterocycles. The van der Waals surface area contributed by atoms with Crippen LogP contribution in [0.25, 0.3) is 5.69 Å². The molecule has 2 aromatic carbocycles. The predicted octanol–water partition coefficient (Wildman–Crippen LogP) is 5.05. The van der Waals surface area contributed by atoms with Gasteiger partial charge in [0, 0.05) is 35.0 Å². The Labute approximate surface area is 183 Å². The van der Waals surface area contributed by atoms with E-state index in [9.17, 15) is 9.59 Å². The number of anilines is 1. The highest BCUT2D eigenvalue weighted by Crippen LogP contribution is 2.25. The fourth-order valence-corrected chi connectivity index (χ4v) is 4.40. The largest absolute Gasteiger partial charge is 0.320 e. The third-order valence-electron chi connectivity index (χ3n) is 4.56. The molecule has 0 aliphatic carbocycles. The number of hydrogen-bond donors (Lipinski definition) is 1. The standard InChI is InChI=1S/C21H21Cl2N3O2S/c1-14-20(21(28)26(25(14)2)17-6-4-3-5-7-17)24-19(27)10-11-29-13-15-8-9-16(22)12-18(15)23/h3-9,12H,10-11,13H2,1-2H3,(H,24,27). The molecule has 0 radical (unpaired) electrons. The van der Waals surface area contributed by atoms with Gasteiger partial charge in [-0.3, -0.25) is 14.3 Å². The summed E-state index contributed by atoms with van der Waals surface area (Å²) in [5.41, 5.74) is 2.50. The summed E-state index contributed by atoms with van der Waals surface area (Å²) in [6.07, 6.45) is 0.301. The molecular formula is C21H21Cl2N3O2S. The number of carbonyl (C=O) groups is 1. The summed E-state index contributed by atoms with van der Waals surface area (Å²) in [4.78, 5) is 25.2. The van der Waals surface area contributed by atoms with Crippen LogP contribution >= 0.6 is 35.0 Å². The second-order valence-electron chi connectivity index (χ2n) is 6.52. The Morgan fingerprint density at radius 2 is 1.86 bits per heavy atom. The first kappa shape index (κ1) is 21.6. The molecule has 0 atom stereocenters. The summed E-state index contributed by atoms with van der Waals surface area (Å²) >= 11 is 13.7. The van der Waals surface area contributed by atoms with E-state index < -0.39 is 0 Å². The number of benzene rings is 2. The van der Waals surface area contributed by atoms with Crippen molar-refractivity contribution in [2.45, 2.75) is 19.1 Å². The molecule has 0 bridgehead atoms. The summed E-state index contributed by atoms with van der Waals surface area (Å²) in [6, 6.07) is 14.7. The lowest BCUT2D eigenvalue weighted by molar-refractivity contribution is -0.115. The zero-order valence-corrected chi connectivity index (χ0v) is 18.4. The van der Waals surface area contributed by atoms with Crippen molar-refractivity contribution in [2.75, 3.05) is 11.1 Å². The number of halogens is 2. The van der Waals surface area contributed by atoms with Gasteiger partial charge in [0.25, 0.3) is 5.56 Å². The van der Waals surface area contributed by atoms with Crippen LogP contribution in [0.3, 0.4) is 0 Å². The van der Waals surface area contributed by atoms with Gasteiger partial charge in [0.2, 0.25) is 5.91 Å². The number of nitrogens with zero attached hydrogens (tertiary/aromatic N) is 2. The van der Waals surface area contributed by atoms with Gasteiger partial charge in [-0.05, 0) is 36.8 Å². The van der Waals surface area contributed by atoms with Crippen molar-refractivity contribution in [3.8, 4) is 5.69 Å². The van der Waals surface area contributed by atoms with E-state index >= 15 is 0 Å². The van der Waals surface area contributed by atoms with Crippen LogP contribution in [0.2, 0.25) is 10.0 Å². The second kappa shape index (κ2) is 9.57.